The normalized spacial score (nSPS) is 8.52. The SMILES string of the molecule is Cc1cnc[nH]1.Cc1cnc[nH]1.Cc1cnc[nH]1.Cc1cnc[nH]1.[Cl][Mn][Cl]. The van der Waals surface area contributed by atoms with E-state index in [2.05, 4.69) is 39.9 Å². The number of nitrogens with one attached hydrogen (secondary N) is 4. The van der Waals surface area contributed by atoms with Crippen LogP contribution in [0.2, 0.25) is 0 Å². The Kier molecular flexibility index (Phi) is 16.0. The molecule has 0 aliphatic heterocycles. The van der Waals surface area contributed by atoms with Crippen LogP contribution < -0.4 is 0 Å². The van der Waals surface area contributed by atoms with Gasteiger partial charge in [-0.15, -0.1) is 0 Å². The summed E-state index contributed by atoms with van der Waals surface area (Å²) in [6.07, 6.45) is 13.8. The van der Waals surface area contributed by atoms with Crippen LogP contribution in [0.25, 0.3) is 0 Å². The van der Waals surface area contributed by atoms with E-state index in [-0.39, 0.29) is 13.1 Å². The number of halogens is 2. The molecule has 11 heteroatoms. The summed E-state index contributed by atoms with van der Waals surface area (Å²) < 4.78 is 0. The third-order valence-electron chi connectivity index (χ3n) is 2.54. The molecule has 0 bridgehead atoms. The van der Waals surface area contributed by atoms with Gasteiger partial charge in [-0.05, 0) is 27.7 Å². The summed E-state index contributed by atoms with van der Waals surface area (Å²) >= 11 is 0.00694. The van der Waals surface area contributed by atoms with Crippen molar-refractivity contribution in [2.75, 3.05) is 0 Å². The first-order valence-corrected chi connectivity index (χ1v) is 10.9. The van der Waals surface area contributed by atoms with E-state index < -0.39 is 0 Å². The number of aromatic nitrogens is 8. The molecule has 0 atom stereocenters. The molecular formula is C16H24Cl2MnN8. The topological polar surface area (TPSA) is 115 Å². The average Bonchev–Trinajstić information content (AvgIpc) is 3.41. The summed E-state index contributed by atoms with van der Waals surface area (Å²) in [5, 5.41) is 0. The van der Waals surface area contributed by atoms with Crippen molar-refractivity contribution < 1.29 is 13.1 Å². The molecule has 4 aromatic rings. The number of aromatic amines is 4. The molecular weight excluding hydrogens is 430 g/mol. The zero-order valence-corrected chi connectivity index (χ0v) is 18.2. The summed E-state index contributed by atoms with van der Waals surface area (Å²) in [6, 6.07) is 0. The molecule has 8 nitrogen and oxygen atoms in total. The van der Waals surface area contributed by atoms with Crippen LogP contribution >= 0.6 is 20.2 Å². The molecule has 4 rings (SSSR count). The van der Waals surface area contributed by atoms with Crippen molar-refractivity contribution in [1.82, 2.24) is 39.9 Å². The van der Waals surface area contributed by atoms with Crippen LogP contribution in [-0.4, -0.2) is 39.9 Å². The van der Waals surface area contributed by atoms with Crippen LogP contribution in [0.5, 0.6) is 0 Å². The van der Waals surface area contributed by atoms with Crippen LogP contribution in [-0.2, 0) is 13.1 Å². The number of rotatable bonds is 0. The zero-order chi connectivity index (χ0) is 20.3. The van der Waals surface area contributed by atoms with E-state index in [0.29, 0.717) is 0 Å². The molecule has 0 amide bonds. The van der Waals surface area contributed by atoms with Crippen LogP contribution in [0.3, 0.4) is 0 Å². The monoisotopic (exact) mass is 453 g/mol. The van der Waals surface area contributed by atoms with E-state index >= 15 is 0 Å². The Bertz CT molecular complexity index is 597. The molecule has 27 heavy (non-hydrogen) atoms. The number of hydrogen-bond acceptors (Lipinski definition) is 4. The first-order chi connectivity index (χ1) is 13.0. The summed E-state index contributed by atoms with van der Waals surface area (Å²) in [5.74, 6) is 0. The summed E-state index contributed by atoms with van der Waals surface area (Å²) in [6.45, 7) is 7.86. The van der Waals surface area contributed by atoms with E-state index in [1.165, 1.54) is 0 Å². The van der Waals surface area contributed by atoms with Crippen LogP contribution in [0, 0.1) is 27.7 Å². The van der Waals surface area contributed by atoms with Gasteiger partial charge in [0.2, 0.25) is 0 Å². The van der Waals surface area contributed by atoms with Gasteiger partial charge in [0.15, 0.2) is 0 Å². The zero-order valence-electron chi connectivity index (χ0n) is 15.5. The van der Waals surface area contributed by atoms with E-state index in [1.54, 1.807) is 50.1 Å². The Balaban J connectivity index is 0.000000319. The maximum atomic E-state index is 4.80. The van der Waals surface area contributed by atoms with Gasteiger partial charge in [0.25, 0.3) is 0 Å². The molecule has 0 aliphatic carbocycles. The predicted octanol–water partition coefficient (Wildman–Crippen LogP) is 4.25. The molecule has 4 aromatic heterocycles. The van der Waals surface area contributed by atoms with Crippen molar-refractivity contribution in [2.45, 2.75) is 27.7 Å². The van der Waals surface area contributed by atoms with Gasteiger partial charge >= 0.3 is 33.3 Å². The Labute approximate surface area is 173 Å². The summed E-state index contributed by atoms with van der Waals surface area (Å²) in [4.78, 5) is 26.6. The van der Waals surface area contributed by atoms with Gasteiger partial charge in [0, 0.05) is 47.6 Å². The van der Waals surface area contributed by atoms with Gasteiger partial charge in [-0.1, -0.05) is 0 Å². The molecule has 0 spiro atoms. The molecule has 4 heterocycles. The number of imidazole rings is 4. The number of nitrogens with zero attached hydrogens (tertiary/aromatic N) is 4. The predicted molar refractivity (Wildman–Crippen MR) is 105 cm³/mol. The molecule has 149 valence electrons. The number of aryl methyl sites for hydroxylation is 4. The van der Waals surface area contributed by atoms with E-state index in [0.717, 1.165) is 22.8 Å². The maximum absolute atomic E-state index is 4.80. The van der Waals surface area contributed by atoms with Gasteiger partial charge < -0.3 is 19.9 Å². The first kappa shape index (κ1) is 24.9. The Hall–Kier alpha value is -2.06. The molecule has 0 radical (unpaired) electrons. The quantitative estimate of drug-likeness (QED) is 0.298. The second-order valence-electron chi connectivity index (χ2n) is 4.99. The third kappa shape index (κ3) is 17.1. The fourth-order valence-electron chi connectivity index (χ4n) is 1.30. The Morgan fingerprint density at radius 1 is 0.556 bits per heavy atom. The van der Waals surface area contributed by atoms with Gasteiger partial charge in [0.1, 0.15) is 0 Å². The second-order valence-corrected chi connectivity index (χ2v) is 6.94. The Morgan fingerprint density at radius 3 is 0.778 bits per heavy atom. The molecule has 0 saturated carbocycles. The van der Waals surface area contributed by atoms with Crippen molar-refractivity contribution >= 4 is 20.2 Å². The number of H-pyrrole nitrogens is 4. The third-order valence-corrected chi connectivity index (χ3v) is 2.54. The van der Waals surface area contributed by atoms with Crippen LogP contribution in [0.15, 0.2) is 50.1 Å². The van der Waals surface area contributed by atoms with Crippen LogP contribution in [0.4, 0.5) is 0 Å². The van der Waals surface area contributed by atoms with Gasteiger partial charge in [-0.3, -0.25) is 0 Å². The van der Waals surface area contributed by atoms with E-state index in [1.807, 2.05) is 27.7 Å². The van der Waals surface area contributed by atoms with E-state index in [4.69, 9.17) is 20.2 Å². The minimum atomic E-state index is 0.00694. The standard InChI is InChI=1S/4C4H6N2.2ClH.Mn/c4*1-4-2-5-3-6-4;;;/h4*2-3H,1H3,(H,5,6);2*1H;/q;;;;;;+2/p-2. The van der Waals surface area contributed by atoms with Gasteiger partial charge in [0.05, 0.1) is 25.3 Å². The minimum absolute atomic E-state index is 0.00694. The van der Waals surface area contributed by atoms with Crippen LogP contribution in [0.1, 0.15) is 22.8 Å². The van der Waals surface area contributed by atoms with Crippen molar-refractivity contribution in [3.05, 3.63) is 72.9 Å². The molecule has 0 saturated heterocycles. The van der Waals surface area contributed by atoms with E-state index in [9.17, 15) is 0 Å². The second kappa shape index (κ2) is 17.4. The Morgan fingerprint density at radius 2 is 0.741 bits per heavy atom. The molecule has 0 unspecified atom stereocenters. The fraction of sp³-hybridized carbons (Fsp3) is 0.250. The molecule has 0 aliphatic rings. The van der Waals surface area contributed by atoms with Crippen molar-refractivity contribution in [2.24, 2.45) is 0 Å². The molecule has 0 aromatic carbocycles. The molecule has 4 N–H and O–H groups in total. The first-order valence-electron chi connectivity index (χ1n) is 7.66. The number of hydrogen-bond donors (Lipinski definition) is 4. The summed E-state index contributed by atoms with van der Waals surface area (Å²) in [7, 11) is 9.59. The fourth-order valence-corrected chi connectivity index (χ4v) is 1.30. The molecule has 0 fully saturated rings. The van der Waals surface area contributed by atoms with Crippen molar-refractivity contribution in [3.8, 4) is 0 Å². The summed E-state index contributed by atoms with van der Waals surface area (Å²) in [5.41, 5.74) is 4.43. The average molecular weight is 454 g/mol. The van der Waals surface area contributed by atoms with Gasteiger partial charge in [-0.2, -0.15) is 0 Å². The van der Waals surface area contributed by atoms with Gasteiger partial charge in [-0.25, -0.2) is 19.9 Å². The van der Waals surface area contributed by atoms with Crippen molar-refractivity contribution in [3.63, 3.8) is 0 Å². The van der Waals surface area contributed by atoms with Crippen molar-refractivity contribution in [1.29, 1.82) is 0 Å².